The second kappa shape index (κ2) is 9.88. The topological polar surface area (TPSA) is 72.5 Å². The number of halogens is 1. The summed E-state index contributed by atoms with van der Waals surface area (Å²) in [5, 5.41) is 3.21. The van der Waals surface area contributed by atoms with Crippen LogP contribution < -0.4 is 5.32 Å². The number of amides is 1. The van der Waals surface area contributed by atoms with Crippen LogP contribution in [0, 0.1) is 5.92 Å². The summed E-state index contributed by atoms with van der Waals surface area (Å²) in [7, 11) is 0. The number of carbonyl (C=O) groups excluding carboxylic acids is 3. The monoisotopic (exact) mass is 387 g/mol. The first kappa shape index (κ1) is 20.6. The molecule has 0 bridgehead atoms. The van der Waals surface area contributed by atoms with Crippen LogP contribution in [0.25, 0.3) is 0 Å². The van der Waals surface area contributed by atoms with Crippen molar-refractivity contribution in [2.45, 2.75) is 20.3 Å². The van der Waals surface area contributed by atoms with Gasteiger partial charge in [-0.05, 0) is 42.7 Å². The van der Waals surface area contributed by atoms with E-state index in [0.29, 0.717) is 23.0 Å². The van der Waals surface area contributed by atoms with Crippen molar-refractivity contribution in [3.63, 3.8) is 0 Å². The van der Waals surface area contributed by atoms with Crippen LogP contribution in [0.2, 0.25) is 5.02 Å². The Morgan fingerprint density at radius 1 is 1.00 bits per heavy atom. The van der Waals surface area contributed by atoms with Crippen molar-refractivity contribution in [2.75, 3.05) is 13.2 Å². The van der Waals surface area contributed by atoms with E-state index in [1.54, 1.807) is 42.5 Å². The van der Waals surface area contributed by atoms with Gasteiger partial charge in [0.2, 0.25) is 0 Å². The van der Waals surface area contributed by atoms with Gasteiger partial charge >= 0.3 is 5.97 Å². The molecule has 0 atom stereocenters. The molecule has 1 N–H and O–H groups in total. The third-order valence-electron chi connectivity index (χ3n) is 3.88. The fraction of sp³-hybridized carbons (Fsp3) is 0.286. The number of hydrogen-bond donors (Lipinski definition) is 1. The maximum atomic E-state index is 12.7. The number of ether oxygens (including phenoxy) is 1. The average Bonchev–Trinajstić information content (AvgIpc) is 2.66. The molecular weight excluding hydrogens is 366 g/mol. The molecule has 5 nitrogen and oxygen atoms in total. The zero-order valence-corrected chi connectivity index (χ0v) is 16.1. The van der Waals surface area contributed by atoms with Crippen molar-refractivity contribution in [2.24, 2.45) is 5.92 Å². The molecule has 6 heteroatoms. The lowest BCUT2D eigenvalue weighted by molar-refractivity contribution is -0.124. The Labute approximate surface area is 163 Å². The molecule has 0 aliphatic heterocycles. The number of ketones is 1. The Hall–Kier alpha value is -2.66. The minimum absolute atomic E-state index is 0.118. The highest BCUT2D eigenvalue weighted by atomic mass is 35.5. The molecule has 2 rings (SSSR count). The third kappa shape index (κ3) is 6.22. The molecule has 0 radical (unpaired) electrons. The van der Waals surface area contributed by atoms with Crippen molar-refractivity contribution >= 4 is 29.3 Å². The zero-order chi connectivity index (χ0) is 19.8. The van der Waals surface area contributed by atoms with E-state index in [9.17, 15) is 14.4 Å². The quantitative estimate of drug-likeness (QED) is 0.551. The molecule has 2 aromatic rings. The Balaban J connectivity index is 2.04. The van der Waals surface area contributed by atoms with Crippen LogP contribution in [0.4, 0.5) is 0 Å². The summed E-state index contributed by atoms with van der Waals surface area (Å²) in [6.07, 6.45) is 0.845. The van der Waals surface area contributed by atoms with Gasteiger partial charge in [-0.3, -0.25) is 9.59 Å². The molecule has 0 spiro atoms. The van der Waals surface area contributed by atoms with Crippen molar-refractivity contribution in [1.82, 2.24) is 5.32 Å². The van der Waals surface area contributed by atoms with Crippen LogP contribution in [0.15, 0.2) is 48.5 Å². The van der Waals surface area contributed by atoms with Gasteiger partial charge in [-0.15, -0.1) is 0 Å². The Morgan fingerprint density at radius 2 is 1.63 bits per heavy atom. The van der Waals surface area contributed by atoms with Gasteiger partial charge in [-0.25, -0.2) is 4.79 Å². The number of esters is 1. The van der Waals surface area contributed by atoms with Crippen LogP contribution in [-0.2, 0) is 9.53 Å². The predicted octanol–water partition coefficient (Wildman–Crippen LogP) is 3.89. The first-order valence-electron chi connectivity index (χ1n) is 8.71. The van der Waals surface area contributed by atoms with Gasteiger partial charge in [-0.2, -0.15) is 0 Å². The van der Waals surface area contributed by atoms with E-state index >= 15 is 0 Å². The van der Waals surface area contributed by atoms with Gasteiger partial charge in [0.25, 0.3) is 5.91 Å². The summed E-state index contributed by atoms with van der Waals surface area (Å²) in [5.41, 5.74) is 0.739. The van der Waals surface area contributed by atoms with Crippen LogP contribution in [-0.4, -0.2) is 30.8 Å². The molecule has 0 aliphatic carbocycles. The minimum atomic E-state index is -0.716. The number of carbonyl (C=O) groups is 3. The highest BCUT2D eigenvalue weighted by Gasteiger charge is 2.19. The third-order valence-corrected chi connectivity index (χ3v) is 4.13. The summed E-state index contributed by atoms with van der Waals surface area (Å²) in [6.45, 7) is 4.25. The Morgan fingerprint density at radius 3 is 2.26 bits per heavy atom. The SMILES string of the molecule is CC(C)CCNC(=O)COC(=O)c1ccccc1C(=O)c1ccc(Cl)cc1. The molecule has 0 aromatic heterocycles. The van der Waals surface area contributed by atoms with Gasteiger partial charge < -0.3 is 10.1 Å². The molecule has 0 saturated carbocycles. The fourth-order valence-corrected chi connectivity index (χ4v) is 2.50. The normalized spacial score (nSPS) is 10.5. The Bertz CT molecular complexity index is 815. The van der Waals surface area contributed by atoms with Crippen LogP contribution in [0.1, 0.15) is 46.5 Å². The zero-order valence-electron chi connectivity index (χ0n) is 15.3. The van der Waals surface area contributed by atoms with Crippen molar-refractivity contribution in [1.29, 1.82) is 0 Å². The molecule has 0 heterocycles. The van der Waals surface area contributed by atoms with E-state index in [4.69, 9.17) is 16.3 Å². The summed E-state index contributed by atoms with van der Waals surface area (Å²) in [6, 6.07) is 12.8. The van der Waals surface area contributed by atoms with E-state index in [-0.39, 0.29) is 29.4 Å². The van der Waals surface area contributed by atoms with Gasteiger partial charge in [0.05, 0.1) is 5.56 Å². The van der Waals surface area contributed by atoms with Crippen LogP contribution >= 0.6 is 11.6 Å². The van der Waals surface area contributed by atoms with Crippen molar-refractivity contribution < 1.29 is 19.1 Å². The lowest BCUT2D eigenvalue weighted by Crippen LogP contribution is -2.30. The Kier molecular flexibility index (Phi) is 7.55. The van der Waals surface area contributed by atoms with Gasteiger partial charge in [0.1, 0.15) is 0 Å². The second-order valence-corrected chi connectivity index (χ2v) is 6.93. The predicted molar refractivity (Wildman–Crippen MR) is 104 cm³/mol. The largest absolute Gasteiger partial charge is 0.452 e. The standard InChI is InChI=1S/C21H22ClNO4/c1-14(2)11-12-23-19(24)13-27-21(26)18-6-4-3-5-17(18)20(25)15-7-9-16(22)10-8-15/h3-10,14H,11-13H2,1-2H3,(H,23,24). The van der Waals surface area contributed by atoms with E-state index in [0.717, 1.165) is 6.42 Å². The first-order valence-corrected chi connectivity index (χ1v) is 9.09. The van der Waals surface area contributed by atoms with Crippen LogP contribution in [0.5, 0.6) is 0 Å². The molecule has 0 unspecified atom stereocenters. The highest BCUT2D eigenvalue weighted by molar-refractivity contribution is 6.30. The number of hydrogen-bond acceptors (Lipinski definition) is 4. The highest BCUT2D eigenvalue weighted by Crippen LogP contribution is 2.17. The summed E-state index contributed by atoms with van der Waals surface area (Å²) in [5.74, 6) is -0.934. The molecule has 142 valence electrons. The first-order chi connectivity index (χ1) is 12.9. The van der Waals surface area contributed by atoms with E-state index in [1.807, 2.05) is 0 Å². The van der Waals surface area contributed by atoms with E-state index in [1.165, 1.54) is 6.07 Å². The van der Waals surface area contributed by atoms with Gasteiger partial charge in [-0.1, -0.05) is 43.6 Å². The molecule has 1 amide bonds. The summed E-state index contributed by atoms with van der Waals surface area (Å²) >= 11 is 5.85. The van der Waals surface area contributed by atoms with Gasteiger partial charge in [0.15, 0.2) is 12.4 Å². The average molecular weight is 388 g/mol. The molecule has 0 aliphatic rings. The van der Waals surface area contributed by atoms with Gasteiger partial charge in [0, 0.05) is 22.7 Å². The number of rotatable bonds is 8. The summed E-state index contributed by atoms with van der Waals surface area (Å²) < 4.78 is 5.07. The molecular formula is C21H22ClNO4. The maximum absolute atomic E-state index is 12.7. The number of nitrogens with one attached hydrogen (secondary N) is 1. The van der Waals surface area contributed by atoms with E-state index in [2.05, 4.69) is 19.2 Å². The van der Waals surface area contributed by atoms with Crippen LogP contribution in [0.3, 0.4) is 0 Å². The molecule has 0 saturated heterocycles. The van der Waals surface area contributed by atoms with E-state index < -0.39 is 5.97 Å². The second-order valence-electron chi connectivity index (χ2n) is 6.49. The van der Waals surface area contributed by atoms with Crippen molar-refractivity contribution in [3.05, 3.63) is 70.2 Å². The molecule has 0 fully saturated rings. The molecule has 2 aromatic carbocycles. The maximum Gasteiger partial charge on any atom is 0.339 e. The molecule has 27 heavy (non-hydrogen) atoms. The number of benzene rings is 2. The summed E-state index contributed by atoms with van der Waals surface area (Å²) in [4.78, 5) is 36.8. The lowest BCUT2D eigenvalue weighted by Gasteiger charge is -2.10. The smallest absolute Gasteiger partial charge is 0.339 e. The lowest BCUT2D eigenvalue weighted by atomic mass is 9.98. The minimum Gasteiger partial charge on any atom is -0.452 e. The van der Waals surface area contributed by atoms with Crippen molar-refractivity contribution in [3.8, 4) is 0 Å². The fourth-order valence-electron chi connectivity index (χ4n) is 2.38.